The molecule has 5 nitrogen and oxygen atoms in total. The molecule has 0 saturated carbocycles. The molecule has 0 fully saturated rings. The molecule has 0 bridgehead atoms. The highest BCUT2D eigenvalue weighted by Crippen LogP contribution is 2.25. The van der Waals surface area contributed by atoms with Gasteiger partial charge in [0.25, 0.3) is 0 Å². The van der Waals surface area contributed by atoms with E-state index in [2.05, 4.69) is 9.97 Å². The summed E-state index contributed by atoms with van der Waals surface area (Å²) in [7, 11) is 1.39. The van der Waals surface area contributed by atoms with Gasteiger partial charge in [-0.3, -0.25) is 4.79 Å². The van der Waals surface area contributed by atoms with Gasteiger partial charge in [0.05, 0.1) is 19.0 Å². The molecule has 1 aromatic heterocycles. The van der Waals surface area contributed by atoms with Crippen LogP contribution < -0.4 is 4.74 Å². The quantitative estimate of drug-likeness (QED) is 0.889. The minimum absolute atomic E-state index is 0.155. The number of carbonyl (C=O) groups is 1. The predicted molar refractivity (Wildman–Crippen MR) is 66.6 cm³/mol. The third-order valence-electron chi connectivity index (χ3n) is 2.84. The molecule has 2 N–H and O–H groups in total. The Hall–Kier alpha value is -2.37. The first-order valence-corrected chi connectivity index (χ1v) is 5.64. The summed E-state index contributed by atoms with van der Waals surface area (Å²) in [4.78, 5) is 17.7. The highest BCUT2D eigenvalue weighted by molar-refractivity contribution is 5.74. The maximum atomic E-state index is 13.6. The number of nitrogens with one attached hydrogen (secondary N) is 1. The highest BCUT2D eigenvalue weighted by atomic mass is 19.1. The fourth-order valence-corrected chi connectivity index (χ4v) is 1.65. The van der Waals surface area contributed by atoms with Crippen molar-refractivity contribution < 1.29 is 19.0 Å². The fraction of sp³-hybridized carbons (Fsp3) is 0.231. The fourth-order valence-electron chi connectivity index (χ4n) is 1.65. The minimum Gasteiger partial charge on any atom is -0.494 e. The van der Waals surface area contributed by atoms with Gasteiger partial charge in [0.1, 0.15) is 11.7 Å². The first kappa shape index (κ1) is 13.1. The molecule has 0 aliphatic carbocycles. The molecule has 0 aliphatic rings. The third kappa shape index (κ3) is 2.57. The number of aliphatic carboxylic acids is 1. The second-order valence-electron chi connectivity index (χ2n) is 4.09. The molecule has 1 heterocycles. The van der Waals surface area contributed by atoms with Gasteiger partial charge in [-0.1, -0.05) is 0 Å². The maximum Gasteiger partial charge on any atom is 0.313 e. The van der Waals surface area contributed by atoms with Gasteiger partial charge in [0.15, 0.2) is 11.6 Å². The van der Waals surface area contributed by atoms with Crippen LogP contribution in [0.1, 0.15) is 18.7 Å². The number of hydrogen-bond acceptors (Lipinski definition) is 3. The second kappa shape index (κ2) is 5.09. The smallest absolute Gasteiger partial charge is 0.313 e. The number of benzene rings is 1. The minimum atomic E-state index is -0.971. The summed E-state index contributed by atoms with van der Waals surface area (Å²) >= 11 is 0. The van der Waals surface area contributed by atoms with E-state index in [9.17, 15) is 9.18 Å². The van der Waals surface area contributed by atoms with Crippen LogP contribution in [0.4, 0.5) is 4.39 Å². The Morgan fingerprint density at radius 3 is 2.84 bits per heavy atom. The molecule has 100 valence electrons. The van der Waals surface area contributed by atoms with Crippen molar-refractivity contribution >= 4 is 5.97 Å². The normalized spacial score (nSPS) is 12.2. The predicted octanol–water partition coefficient (Wildman–Crippen LogP) is 2.41. The van der Waals surface area contributed by atoms with Crippen molar-refractivity contribution in [2.24, 2.45) is 0 Å². The zero-order valence-electron chi connectivity index (χ0n) is 10.5. The van der Waals surface area contributed by atoms with Crippen molar-refractivity contribution in [3.8, 4) is 17.0 Å². The standard InChI is InChI=1S/C13H13FN2O3/c1-7(13(17)18)12-15-6-10(16-12)8-3-4-11(19-2)9(14)5-8/h3-7H,1-2H3,(H,15,16)(H,17,18). The van der Waals surface area contributed by atoms with Crippen molar-refractivity contribution in [3.63, 3.8) is 0 Å². The molecule has 0 amide bonds. The van der Waals surface area contributed by atoms with Gasteiger partial charge < -0.3 is 14.8 Å². The summed E-state index contributed by atoms with van der Waals surface area (Å²) < 4.78 is 18.4. The summed E-state index contributed by atoms with van der Waals surface area (Å²) in [6.07, 6.45) is 1.48. The Morgan fingerprint density at radius 2 is 2.26 bits per heavy atom. The lowest BCUT2D eigenvalue weighted by Crippen LogP contribution is -2.08. The van der Waals surface area contributed by atoms with E-state index in [-0.39, 0.29) is 5.75 Å². The molecule has 2 rings (SSSR count). The maximum absolute atomic E-state index is 13.6. The monoisotopic (exact) mass is 264 g/mol. The Morgan fingerprint density at radius 1 is 1.53 bits per heavy atom. The number of halogens is 1. The van der Waals surface area contributed by atoms with Gasteiger partial charge in [0.2, 0.25) is 0 Å². The lowest BCUT2D eigenvalue weighted by Gasteiger charge is -2.04. The number of carboxylic acids is 1. The van der Waals surface area contributed by atoms with E-state index in [1.54, 1.807) is 6.07 Å². The van der Waals surface area contributed by atoms with E-state index in [0.29, 0.717) is 17.1 Å². The number of H-pyrrole nitrogens is 1. The summed E-state index contributed by atoms with van der Waals surface area (Å²) in [5.74, 6) is -1.71. The van der Waals surface area contributed by atoms with Crippen molar-refractivity contribution in [1.29, 1.82) is 0 Å². The summed E-state index contributed by atoms with van der Waals surface area (Å²) in [5, 5.41) is 8.89. The molecule has 2 aromatic rings. The number of methoxy groups -OCH3 is 1. The average molecular weight is 264 g/mol. The zero-order chi connectivity index (χ0) is 14.0. The van der Waals surface area contributed by atoms with Gasteiger partial charge in [-0.05, 0) is 25.1 Å². The number of carboxylic acid groups (broad SMARTS) is 1. The number of imidazole rings is 1. The first-order valence-electron chi connectivity index (χ1n) is 5.64. The molecular weight excluding hydrogens is 251 g/mol. The van der Waals surface area contributed by atoms with E-state index in [1.165, 1.54) is 32.4 Å². The van der Waals surface area contributed by atoms with Crippen LogP contribution in [0.25, 0.3) is 11.3 Å². The third-order valence-corrected chi connectivity index (χ3v) is 2.84. The molecule has 19 heavy (non-hydrogen) atoms. The van der Waals surface area contributed by atoms with Crippen molar-refractivity contribution in [2.75, 3.05) is 7.11 Å². The number of hydrogen-bond donors (Lipinski definition) is 2. The van der Waals surface area contributed by atoms with Gasteiger partial charge in [-0.2, -0.15) is 0 Å². The van der Waals surface area contributed by atoms with Crippen LogP contribution in [-0.2, 0) is 4.79 Å². The Kier molecular flexibility index (Phi) is 3.50. The summed E-state index contributed by atoms with van der Waals surface area (Å²) in [6.45, 7) is 1.53. The van der Waals surface area contributed by atoms with E-state index in [1.807, 2.05) is 0 Å². The van der Waals surface area contributed by atoms with Crippen LogP contribution in [0.2, 0.25) is 0 Å². The topological polar surface area (TPSA) is 75.2 Å². The van der Waals surface area contributed by atoms with Crippen LogP contribution in [-0.4, -0.2) is 28.2 Å². The second-order valence-corrected chi connectivity index (χ2v) is 4.09. The molecule has 0 aliphatic heterocycles. The van der Waals surface area contributed by atoms with Gasteiger partial charge in [0, 0.05) is 5.56 Å². The van der Waals surface area contributed by atoms with Crippen LogP contribution in [0, 0.1) is 5.82 Å². The molecule has 1 atom stereocenters. The molecule has 1 unspecified atom stereocenters. The molecule has 0 saturated heterocycles. The zero-order valence-corrected chi connectivity index (χ0v) is 10.5. The molecular formula is C13H13FN2O3. The van der Waals surface area contributed by atoms with E-state index in [0.717, 1.165) is 0 Å². The molecule has 6 heteroatoms. The number of rotatable bonds is 4. The summed E-state index contributed by atoms with van der Waals surface area (Å²) in [6, 6.07) is 4.48. The van der Waals surface area contributed by atoms with Crippen molar-refractivity contribution in [3.05, 3.63) is 36.0 Å². The molecule has 1 aromatic carbocycles. The average Bonchev–Trinajstić information content (AvgIpc) is 2.87. The van der Waals surface area contributed by atoms with E-state index in [4.69, 9.17) is 9.84 Å². The van der Waals surface area contributed by atoms with Crippen LogP contribution >= 0.6 is 0 Å². The van der Waals surface area contributed by atoms with Crippen molar-refractivity contribution in [2.45, 2.75) is 12.8 Å². The highest BCUT2D eigenvalue weighted by Gasteiger charge is 2.17. The van der Waals surface area contributed by atoms with Crippen LogP contribution in [0.15, 0.2) is 24.4 Å². The van der Waals surface area contributed by atoms with Gasteiger partial charge in [-0.25, -0.2) is 9.37 Å². The number of aromatic amines is 1. The summed E-state index contributed by atoms with van der Waals surface area (Å²) in [5.41, 5.74) is 1.14. The first-order chi connectivity index (χ1) is 9.02. The van der Waals surface area contributed by atoms with E-state index >= 15 is 0 Å². The van der Waals surface area contributed by atoms with Crippen molar-refractivity contribution in [1.82, 2.24) is 9.97 Å². The Labute approximate surface area is 109 Å². The Bertz CT molecular complexity index is 610. The number of nitrogens with zero attached hydrogens (tertiary/aromatic N) is 1. The Balaban J connectivity index is 2.33. The lowest BCUT2D eigenvalue weighted by atomic mass is 10.1. The SMILES string of the molecule is COc1ccc(-c2cnc(C(C)C(=O)O)[nH]2)cc1F. The lowest BCUT2D eigenvalue weighted by molar-refractivity contribution is -0.138. The number of aromatic nitrogens is 2. The van der Waals surface area contributed by atoms with E-state index < -0.39 is 17.7 Å². The van der Waals surface area contributed by atoms with Gasteiger partial charge >= 0.3 is 5.97 Å². The largest absolute Gasteiger partial charge is 0.494 e. The van der Waals surface area contributed by atoms with Crippen LogP contribution in [0.5, 0.6) is 5.75 Å². The van der Waals surface area contributed by atoms with Gasteiger partial charge in [-0.15, -0.1) is 0 Å². The number of ether oxygens (including phenoxy) is 1. The molecule has 0 spiro atoms. The van der Waals surface area contributed by atoms with Crippen LogP contribution in [0.3, 0.4) is 0 Å². The molecule has 0 radical (unpaired) electrons.